The summed E-state index contributed by atoms with van der Waals surface area (Å²) in [5, 5.41) is 10.9. The zero-order chi connectivity index (χ0) is 12.3. The number of nitrogens with zero attached hydrogens (tertiary/aromatic N) is 3. The number of hydrogen-bond donors (Lipinski definition) is 1. The van der Waals surface area contributed by atoms with Crippen LogP contribution in [0.4, 0.5) is 10.5 Å². The number of thiocarbonyl (C=S) groups is 1. The third kappa shape index (κ3) is 2.58. The third-order valence-electron chi connectivity index (χ3n) is 2.34. The molecule has 1 amide bonds. The molecule has 88 valence electrons. The fourth-order valence-electron chi connectivity index (χ4n) is 1.45. The highest BCUT2D eigenvalue weighted by Crippen LogP contribution is 2.27. The minimum atomic E-state index is -0.934. The van der Waals surface area contributed by atoms with Gasteiger partial charge in [-0.05, 0) is 12.2 Å². The molecule has 2 heterocycles. The SMILES string of the molecule is O=C(O)N1CC(Oc2ccncc2N=C=S)C1. The molecule has 7 heteroatoms. The van der Waals surface area contributed by atoms with Gasteiger partial charge < -0.3 is 14.7 Å². The largest absolute Gasteiger partial charge is 0.484 e. The molecule has 0 aromatic carbocycles. The summed E-state index contributed by atoms with van der Waals surface area (Å²) >= 11 is 4.52. The Morgan fingerprint density at radius 3 is 3.12 bits per heavy atom. The normalized spacial score (nSPS) is 14.7. The van der Waals surface area contributed by atoms with Gasteiger partial charge in [-0.2, -0.15) is 4.99 Å². The van der Waals surface area contributed by atoms with Gasteiger partial charge in [0.25, 0.3) is 0 Å². The maximum atomic E-state index is 10.6. The monoisotopic (exact) mass is 251 g/mol. The van der Waals surface area contributed by atoms with E-state index in [0.29, 0.717) is 24.5 Å². The van der Waals surface area contributed by atoms with E-state index in [2.05, 4.69) is 27.4 Å². The van der Waals surface area contributed by atoms with Gasteiger partial charge in [-0.15, -0.1) is 0 Å². The summed E-state index contributed by atoms with van der Waals surface area (Å²) < 4.78 is 5.59. The molecule has 1 aliphatic rings. The van der Waals surface area contributed by atoms with E-state index in [1.54, 1.807) is 12.3 Å². The standard InChI is InChI=1S/C10H9N3O3S/c14-10(15)13-4-7(5-13)16-9-1-2-11-3-8(9)12-6-17/h1-3,7H,4-5H2,(H,14,15). The fourth-order valence-corrected chi connectivity index (χ4v) is 1.55. The Bertz CT molecular complexity index is 481. The van der Waals surface area contributed by atoms with E-state index < -0.39 is 6.09 Å². The minimum Gasteiger partial charge on any atom is -0.484 e. The molecule has 2 rings (SSSR count). The van der Waals surface area contributed by atoms with Crippen molar-refractivity contribution in [2.75, 3.05) is 13.1 Å². The fraction of sp³-hybridized carbons (Fsp3) is 0.300. The van der Waals surface area contributed by atoms with Crippen molar-refractivity contribution in [1.29, 1.82) is 0 Å². The second kappa shape index (κ2) is 4.90. The first kappa shape index (κ1) is 11.5. The number of aliphatic imine (C=N–C) groups is 1. The van der Waals surface area contributed by atoms with Gasteiger partial charge in [-0.1, -0.05) is 0 Å². The van der Waals surface area contributed by atoms with Crippen LogP contribution in [-0.4, -0.2) is 45.4 Å². The summed E-state index contributed by atoms with van der Waals surface area (Å²) in [6.07, 6.45) is 2.01. The second-order valence-electron chi connectivity index (χ2n) is 3.47. The van der Waals surface area contributed by atoms with Gasteiger partial charge in [0.2, 0.25) is 0 Å². The smallest absolute Gasteiger partial charge is 0.407 e. The molecule has 1 fully saturated rings. The van der Waals surface area contributed by atoms with Crippen LogP contribution in [0.5, 0.6) is 5.75 Å². The first-order valence-electron chi connectivity index (χ1n) is 4.87. The summed E-state index contributed by atoms with van der Waals surface area (Å²) in [7, 11) is 0. The molecule has 0 bridgehead atoms. The zero-order valence-corrected chi connectivity index (χ0v) is 9.55. The van der Waals surface area contributed by atoms with Crippen molar-refractivity contribution in [3.63, 3.8) is 0 Å². The molecule has 1 N–H and O–H groups in total. The number of aromatic nitrogens is 1. The van der Waals surface area contributed by atoms with Gasteiger partial charge in [-0.3, -0.25) is 4.98 Å². The van der Waals surface area contributed by atoms with Crippen LogP contribution < -0.4 is 4.74 Å². The Labute approximate surface area is 103 Å². The van der Waals surface area contributed by atoms with E-state index in [9.17, 15) is 4.79 Å². The van der Waals surface area contributed by atoms with E-state index in [1.807, 2.05) is 0 Å². The van der Waals surface area contributed by atoms with E-state index in [-0.39, 0.29) is 6.10 Å². The molecule has 0 unspecified atom stereocenters. The Hall–Kier alpha value is -1.98. The maximum absolute atomic E-state index is 10.6. The molecule has 1 saturated heterocycles. The van der Waals surface area contributed by atoms with E-state index >= 15 is 0 Å². The molecular weight excluding hydrogens is 242 g/mol. The highest BCUT2D eigenvalue weighted by molar-refractivity contribution is 7.78. The summed E-state index contributed by atoms with van der Waals surface area (Å²) in [6.45, 7) is 0.719. The Morgan fingerprint density at radius 2 is 2.47 bits per heavy atom. The van der Waals surface area contributed by atoms with Gasteiger partial charge in [0.05, 0.1) is 24.4 Å². The lowest BCUT2D eigenvalue weighted by molar-refractivity contribution is 0.0255. The number of carboxylic acid groups (broad SMARTS) is 1. The lowest BCUT2D eigenvalue weighted by atomic mass is 10.2. The van der Waals surface area contributed by atoms with Crippen LogP contribution in [0.1, 0.15) is 0 Å². The average Bonchev–Trinajstić information content (AvgIpc) is 2.24. The lowest BCUT2D eigenvalue weighted by Gasteiger charge is -2.36. The highest BCUT2D eigenvalue weighted by atomic mass is 32.1. The van der Waals surface area contributed by atoms with Gasteiger partial charge in [-0.25, -0.2) is 4.79 Å². The predicted molar refractivity (Wildman–Crippen MR) is 62.9 cm³/mol. The van der Waals surface area contributed by atoms with Crippen molar-refractivity contribution in [1.82, 2.24) is 9.88 Å². The number of ether oxygens (including phenoxy) is 1. The number of isothiocyanates is 1. The molecule has 17 heavy (non-hydrogen) atoms. The van der Waals surface area contributed by atoms with Crippen molar-refractivity contribution in [3.8, 4) is 5.75 Å². The van der Waals surface area contributed by atoms with Gasteiger partial charge in [0.15, 0.2) is 0 Å². The van der Waals surface area contributed by atoms with Gasteiger partial charge in [0.1, 0.15) is 17.5 Å². The molecule has 0 spiro atoms. The van der Waals surface area contributed by atoms with Crippen molar-refractivity contribution in [3.05, 3.63) is 18.5 Å². The molecule has 1 aromatic heterocycles. The topological polar surface area (TPSA) is 75.0 Å². The van der Waals surface area contributed by atoms with Gasteiger partial charge >= 0.3 is 6.09 Å². The summed E-state index contributed by atoms with van der Waals surface area (Å²) in [4.78, 5) is 19.6. The Balaban J connectivity index is 2.01. The predicted octanol–water partition coefficient (Wildman–Crippen LogP) is 1.56. The van der Waals surface area contributed by atoms with Crippen LogP contribution in [0.2, 0.25) is 0 Å². The Morgan fingerprint density at radius 1 is 1.71 bits per heavy atom. The molecule has 0 saturated carbocycles. The van der Waals surface area contributed by atoms with E-state index in [4.69, 9.17) is 9.84 Å². The third-order valence-corrected chi connectivity index (χ3v) is 2.43. The maximum Gasteiger partial charge on any atom is 0.407 e. The second-order valence-corrected chi connectivity index (χ2v) is 3.66. The van der Waals surface area contributed by atoms with Crippen LogP contribution in [0.3, 0.4) is 0 Å². The Kier molecular flexibility index (Phi) is 3.32. The molecule has 0 aliphatic carbocycles. The van der Waals surface area contributed by atoms with Crippen LogP contribution in [0.25, 0.3) is 0 Å². The zero-order valence-electron chi connectivity index (χ0n) is 8.74. The molecule has 1 aromatic rings. The molecule has 0 radical (unpaired) electrons. The molecule has 0 atom stereocenters. The highest BCUT2D eigenvalue weighted by Gasteiger charge is 2.32. The van der Waals surface area contributed by atoms with Crippen molar-refractivity contribution in [2.24, 2.45) is 4.99 Å². The first-order valence-corrected chi connectivity index (χ1v) is 5.28. The van der Waals surface area contributed by atoms with Crippen LogP contribution >= 0.6 is 12.2 Å². The van der Waals surface area contributed by atoms with Crippen LogP contribution in [0, 0.1) is 0 Å². The number of rotatable bonds is 3. The van der Waals surface area contributed by atoms with Gasteiger partial charge in [0, 0.05) is 12.3 Å². The number of likely N-dealkylation sites (tertiary alicyclic amines) is 1. The van der Waals surface area contributed by atoms with Crippen molar-refractivity contribution in [2.45, 2.75) is 6.10 Å². The van der Waals surface area contributed by atoms with E-state index in [0.717, 1.165) is 0 Å². The number of amides is 1. The molecule has 1 aliphatic heterocycles. The molecule has 6 nitrogen and oxygen atoms in total. The quantitative estimate of drug-likeness (QED) is 0.651. The minimum absolute atomic E-state index is 0.146. The number of carbonyl (C=O) groups is 1. The summed E-state index contributed by atoms with van der Waals surface area (Å²) in [5.41, 5.74) is 0.497. The summed E-state index contributed by atoms with van der Waals surface area (Å²) in [5.74, 6) is 0.535. The number of hydrogen-bond acceptors (Lipinski definition) is 5. The van der Waals surface area contributed by atoms with Crippen LogP contribution in [-0.2, 0) is 0 Å². The average molecular weight is 251 g/mol. The summed E-state index contributed by atoms with van der Waals surface area (Å²) in [6, 6.07) is 1.66. The van der Waals surface area contributed by atoms with Crippen molar-refractivity contribution < 1.29 is 14.6 Å². The van der Waals surface area contributed by atoms with Crippen LogP contribution in [0.15, 0.2) is 23.5 Å². The number of pyridine rings is 1. The lowest BCUT2D eigenvalue weighted by Crippen LogP contribution is -2.55. The molecular formula is C10H9N3O3S. The van der Waals surface area contributed by atoms with E-state index in [1.165, 1.54) is 11.1 Å². The van der Waals surface area contributed by atoms with Crippen molar-refractivity contribution >= 4 is 29.2 Å². The first-order chi connectivity index (χ1) is 8.20.